The third kappa shape index (κ3) is 4.05. The van der Waals surface area contributed by atoms with E-state index in [1.54, 1.807) is 0 Å². The van der Waals surface area contributed by atoms with Crippen LogP contribution in [0.2, 0.25) is 0 Å². The second kappa shape index (κ2) is 7.41. The first kappa shape index (κ1) is 15.0. The molecule has 0 spiro atoms. The van der Waals surface area contributed by atoms with Crippen molar-refractivity contribution in [3.8, 4) is 0 Å². The van der Waals surface area contributed by atoms with Crippen molar-refractivity contribution in [2.24, 2.45) is 5.92 Å². The van der Waals surface area contributed by atoms with Crippen LogP contribution in [0.5, 0.6) is 0 Å². The minimum Gasteiger partial charge on any atom is -0.394 e. The number of aliphatic hydroxyl groups is 1. The number of aryl methyl sites for hydroxylation is 1. The van der Waals surface area contributed by atoms with Crippen LogP contribution in [0.3, 0.4) is 0 Å². The number of carbonyl (C=O) groups is 1. The maximum absolute atomic E-state index is 11.9. The molecule has 0 radical (unpaired) electrons. The Kier molecular flexibility index (Phi) is 5.56. The molecule has 2 rings (SSSR count). The summed E-state index contributed by atoms with van der Waals surface area (Å²) in [5.74, 6) is 0.312. The number of nitrogens with one attached hydrogen (secondary N) is 1. The van der Waals surface area contributed by atoms with Gasteiger partial charge in [-0.3, -0.25) is 4.79 Å². The van der Waals surface area contributed by atoms with Crippen LogP contribution in [0.15, 0.2) is 24.3 Å². The second-order valence-corrected chi connectivity index (χ2v) is 5.37. The van der Waals surface area contributed by atoms with Crippen molar-refractivity contribution in [2.75, 3.05) is 19.8 Å². The Hall–Kier alpha value is -1.39. The zero-order chi connectivity index (χ0) is 14.4. The number of ether oxygens (including phenoxy) is 1. The fraction of sp³-hybridized carbons (Fsp3) is 0.562. The first-order valence-corrected chi connectivity index (χ1v) is 7.27. The fourth-order valence-corrected chi connectivity index (χ4v) is 2.26. The second-order valence-electron chi connectivity index (χ2n) is 5.37. The normalized spacial score (nSPS) is 16.5. The highest BCUT2D eigenvalue weighted by Gasteiger charge is 2.25. The van der Waals surface area contributed by atoms with E-state index >= 15 is 0 Å². The zero-order valence-corrected chi connectivity index (χ0v) is 12.0. The largest absolute Gasteiger partial charge is 0.394 e. The summed E-state index contributed by atoms with van der Waals surface area (Å²) >= 11 is 0. The van der Waals surface area contributed by atoms with Crippen LogP contribution in [0.25, 0.3) is 0 Å². The van der Waals surface area contributed by atoms with Gasteiger partial charge in [0.2, 0.25) is 5.91 Å². The van der Waals surface area contributed by atoms with Crippen molar-refractivity contribution >= 4 is 5.91 Å². The molecule has 4 heteroatoms. The Labute approximate surface area is 120 Å². The number of benzene rings is 1. The highest BCUT2D eigenvalue weighted by Crippen LogP contribution is 2.26. The molecule has 1 atom stereocenters. The van der Waals surface area contributed by atoms with E-state index in [4.69, 9.17) is 9.84 Å². The van der Waals surface area contributed by atoms with Crippen LogP contribution in [0.4, 0.5) is 0 Å². The van der Waals surface area contributed by atoms with Crippen molar-refractivity contribution in [1.82, 2.24) is 5.32 Å². The summed E-state index contributed by atoms with van der Waals surface area (Å²) < 4.78 is 5.63. The maximum Gasteiger partial charge on any atom is 0.223 e. The van der Waals surface area contributed by atoms with Crippen LogP contribution >= 0.6 is 0 Å². The third-order valence-corrected chi connectivity index (χ3v) is 3.80. The lowest BCUT2D eigenvalue weighted by molar-refractivity contribution is -0.128. The molecule has 1 aromatic carbocycles. The lowest BCUT2D eigenvalue weighted by Crippen LogP contribution is -2.37. The number of aliphatic hydroxyl groups excluding tert-OH is 1. The van der Waals surface area contributed by atoms with Crippen molar-refractivity contribution in [2.45, 2.75) is 32.3 Å². The van der Waals surface area contributed by atoms with E-state index in [0.29, 0.717) is 6.54 Å². The van der Waals surface area contributed by atoms with Gasteiger partial charge in [-0.15, -0.1) is 0 Å². The average Bonchev–Trinajstić information content (AvgIpc) is 2.38. The molecule has 1 unspecified atom stereocenters. The molecule has 1 aromatic rings. The van der Waals surface area contributed by atoms with Crippen molar-refractivity contribution in [1.29, 1.82) is 0 Å². The van der Waals surface area contributed by atoms with Gasteiger partial charge in [0.05, 0.1) is 19.3 Å². The molecule has 0 heterocycles. The monoisotopic (exact) mass is 277 g/mol. The van der Waals surface area contributed by atoms with E-state index in [0.717, 1.165) is 24.8 Å². The molecule has 0 aromatic heterocycles. The fourth-order valence-electron chi connectivity index (χ4n) is 2.26. The van der Waals surface area contributed by atoms with Gasteiger partial charge < -0.3 is 15.2 Å². The highest BCUT2D eigenvalue weighted by molar-refractivity contribution is 5.79. The van der Waals surface area contributed by atoms with Crippen LogP contribution < -0.4 is 5.32 Å². The van der Waals surface area contributed by atoms with E-state index in [1.807, 2.05) is 31.2 Å². The summed E-state index contributed by atoms with van der Waals surface area (Å²) in [5, 5.41) is 11.9. The zero-order valence-electron chi connectivity index (χ0n) is 12.0. The van der Waals surface area contributed by atoms with Crippen molar-refractivity contribution < 1.29 is 14.6 Å². The molecule has 1 saturated carbocycles. The van der Waals surface area contributed by atoms with Crippen molar-refractivity contribution in [3.05, 3.63) is 35.4 Å². The standard InChI is InChI=1S/C16H23NO3/c1-12-5-7-13(8-6-12)15(20-10-9-18)11-17-16(19)14-3-2-4-14/h5-8,14-15,18H,2-4,9-11H2,1H3,(H,17,19). The minimum atomic E-state index is -0.202. The van der Waals surface area contributed by atoms with Crippen molar-refractivity contribution in [3.63, 3.8) is 0 Å². The van der Waals surface area contributed by atoms with E-state index in [9.17, 15) is 4.79 Å². The Balaban J connectivity index is 1.92. The quantitative estimate of drug-likeness (QED) is 0.801. The SMILES string of the molecule is Cc1ccc(C(CNC(=O)C2CCC2)OCCO)cc1. The first-order chi connectivity index (χ1) is 9.70. The molecule has 1 aliphatic rings. The van der Waals surface area contributed by atoms with Crippen LogP contribution in [-0.2, 0) is 9.53 Å². The summed E-state index contributed by atoms with van der Waals surface area (Å²) in [6.45, 7) is 2.75. The number of carbonyl (C=O) groups excluding carboxylic acids is 1. The van der Waals surface area contributed by atoms with Crippen LogP contribution in [0.1, 0.15) is 36.5 Å². The Morgan fingerprint density at radius 3 is 2.65 bits per heavy atom. The summed E-state index contributed by atoms with van der Waals surface area (Å²) in [6.07, 6.45) is 2.95. The van der Waals surface area contributed by atoms with Gasteiger partial charge >= 0.3 is 0 Å². The van der Waals surface area contributed by atoms with Gasteiger partial charge in [0.1, 0.15) is 0 Å². The van der Waals surface area contributed by atoms with Gasteiger partial charge in [-0.25, -0.2) is 0 Å². The summed E-state index contributed by atoms with van der Waals surface area (Å²) in [4.78, 5) is 11.9. The molecule has 1 fully saturated rings. The molecule has 0 aliphatic heterocycles. The van der Waals surface area contributed by atoms with Gasteiger partial charge in [0.25, 0.3) is 0 Å². The number of hydrogen-bond donors (Lipinski definition) is 2. The maximum atomic E-state index is 11.9. The first-order valence-electron chi connectivity index (χ1n) is 7.27. The lowest BCUT2D eigenvalue weighted by Gasteiger charge is -2.26. The molecule has 20 heavy (non-hydrogen) atoms. The number of amides is 1. The molecule has 1 amide bonds. The molecule has 2 N–H and O–H groups in total. The smallest absolute Gasteiger partial charge is 0.223 e. The van der Waals surface area contributed by atoms with Crippen LogP contribution in [-0.4, -0.2) is 30.8 Å². The van der Waals surface area contributed by atoms with E-state index < -0.39 is 0 Å². The summed E-state index contributed by atoms with van der Waals surface area (Å²) in [7, 11) is 0. The van der Waals surface area contributed by atoms with Gasteiger partial charge in [0, 0.05) is 12.5 Å². The Morgan fingerprint density at radius 2 is 2.10 bits per heavy atom. The predicted molar refractivity (Wildman–Crippen MR) is 77.3 cm³/mol. The molecular formula is C16H23NO3. The van der Waals surface area contributed by atoms with Crippen LogP contribution in [0, 0.1) is 12.8 Å². The average molecular weight is 277 g/mol. The van der Waals surface area contributed by atoms with Gasteiger partial charge in [-0.1, -0.05) is 36.2 Å². The molecule has 110 valence electrons. The molecule has 0 bridgehead atoms. The molecule has 1 aliphatic carbocycles. The van der Waals surface area contributed by atoms with E-state index in [1.165, 1.54) is 5.56 Å². The highest BCUT2D eigenvalue weighted by atomic mass is 16.5. The summed E-state index contributed by atoms with van der Waals surface area (Å²) in [5.41, 5.74) is 2.21. The third-order valence-electron chi connectivity index (χ3n) is 3.80. The van der Waals surface area contributed by atoms with Gasteiger partial charge in [-0.05, 0) is 25.3 Å². The number of rotatable bonds is 7. The summed E-state index contributed by atoms with van der Waals surface area (Å²) in [6, 6.07) is 8.07. The topological polar surface area (TPSA) is 58.6 Å². The predicted octanol–water partition coefficient (Wildman–Crippen LogP) is 1.96. The molecule has 4 nitrogen and oxygen atoms in total. The van der Waals surface area contributed by atoms with Gasteiger partial charge in [-0.2, -0.15) is 0 Å². The van der Waals surface area contributed by atoms with E-state index in [-0.39, 0.29) is 31.1 Å². The molecule has 0 saturated heterocycles. The Bertz CT molecular complexity index is 426. The van der Waals surface area contributed by atoms with Gasteiger partial charge in [0.15, 0.2) is 0 Å². The minimum absolute atomic E-state index is 0.0149. The molecular weight excluding hydrogens is 254 g/mol. The number of hydrogen-bond acceptors (Lipinski definition) is 3. The Morgan fingerprint density at radius 1 is 1.40 bits per heavy atom. The van der Waals surface area contributed by atoms with E-state index in [2.05, 4.69) is 5.32 Å². The lowest BCUT2D eigenvalue weighted by atomic mass is 9.85.